The van der Waals surface area contributed by atoms with Crippen molar-refractivity contribution in [3.63, 3.8) is 0 Å². The molecule has 1 atom stereocenters. The highest BCUT2D eigenvalue weighted by atomic mass is 16.6. The maximum absolute atomic E-state index is 12.0. The molecular formula is C15H12N2O3. The Labute approximate surface area is 115 Å². The molecule has 0 saturated carbocycles. The fourth-order valence-corrected chi connectivity index (χ4v) is 2.47. The monoisotopic (exact) mass is 268 g/mol. The van der Waals surface area contributed by atoms with E-state index in [9.17, 15) is 14.9 Å². The fraction of sp³-hybridized carbons (Fsp3) is 0.133. The second kappa shape index (κ2) is 4.77. The van der Waals surface area contributed by atoms with Crippen molar-refractivity contribution < 1.29 is 9.72 Å². The third-order valence-electron chi connectivity index (χ3n) is 3.50. The third-order valence-corrected chi connectivity index (χ3v) is 3.50. The molecule has 3 rings (SSSR count). The van der Waals surface area contributed by atoms with Crippen LogP contribution in [0.5, 0.6) is 0 Å². The van der Waals surface area contributed by atoms with Gasteiger partial charge < -0.3 is 5.32 Å². The average molecular weight is 268 g/mol. The van der Waals surface area contributed by atoms with Gasteiger partial charge >= 0.3 is 0 Å². The summed E-state index contributed by atoms with van der Waals surface area (Å²) >= 11 is 0. The summed E-state index contributed by atoms with van der Waals surface area (Å²) in [6, 6.07) is 13.9. The lowest BCUT2D eigenvalue weighted by molar-refractivity contribution is -0.384. The lowest BCUT2D eigenvalue weighted by atomic mass is 9.93. The van der Waals surface area contributed by atoms with Crippen LogP contribution >= 0.6 is 0 Å². The highest BCUT2D eigenvalue weighted by Gasteiger charge is 2.30. The number of non-ortho nitro benzene ring substituents is 1. The number of anilines is 1. The molecule has 1 N–H and O–H groups in total. The van der Waals surface area contributed by atoms with Gasteiger partial charge in [0, 0.05) is 17.8 Å². The molecule has 1 aliphatic heterocycles. The number of para-hydroxylation sites is 1. The standard InChI is InChI=1S/C15H12N2O3/c18-15-13(12-3-1-2-4-14(12)16-15)9-10-5-7-11(8-6-10)17(19)20/h1-8,13H,9H2,(H,16,18). The van der Waals surface area contributed by atoms with Crippen molar-refractivity contribution in [2.24, 2.45) is 0 Å². The van der Waals surface area contributed by atoms with E-state index in [1.54, 1.807) is 12.1 Å². The number of amides is 1. The highest BCUT2D eigenvalue weighted by Crippen LogP contribution is 2.34. The zero-order chi connectivity index (χ0) is 14.1. The minimum Gasteiger partial charge on any atom is -0.325 e. The molecule has 1 amide bonds. The molecule has 2 aromatic carbocycles. The number of rotatable bonds is 3. The number of nitrogens with one attached hydrogen (secondary N) is 1. The summed E-state index contributed by atoms with van der Waals surface area (Å²) in [5.74, 6) is -0.253. The minimum atomic E-state index is -0.429. The molecule has 20 heavy (non-hydrogen) atoms. The van der Waals surface area contributed by atoms with Gasteiger partial charge in [-0.1, -0.05) is 30.3 Å². The first-order valence-electron chi connectivity index (χ1n) is 6.28. The maximum atomic E-state index is 12.0. The summed E-state index contributed by atoms with van der Waals surface area (Å²) in [6.45, 7) is 0. The van der Waals surface area contributed by atoms with Gasteiger partial charge in [0.2, 0.25) is 5.91 Å². The molecular weight excluding hydrogens is 256 g/mol. The maximum Gasteiger partial charge on any atom is 0.269 e. The van der Waals surface area contributed by atoms with Gasteiger partial charge in [-0.2, -0.15) is 0 Å². The molecule has 5 heteroatoms. The number of carbonyl (C=O) groups is 1. The van der Waals surface area contributed by atoms with E-state index >= 15 is 0 Å². The van der Waals surface area contributed by atoms with Gasteiger partial charge in [0.25, 0.3) is 5.69 Å². The molecule has 0 aliphatic carbocycles. The van der Waals surface area contributed by atoms with E-state index in [0.29, 0.717) is 6.42 Å². The average Bonchev–Trinajstić information content (AvgIpc) is 2.76. The van der Waals surface area contributed by atoms with E-state index in [2.05, 4.69) is 5.32 Å². The van der Waals surface area contributed by atoms with Crippen LogP contribution in [0.2, 0.25) is 0 Å². The zero-order valence-electron chi connectivity index (χ0n) is 10.6. The predicted octanol–water partition coefficient (Wildman–Crippen LogP) is 2.87. The van der Waals surface area contributed by atoms with Crippen LogP contribution in [-0.4, -0.2) is 10.8 Å². The Morgan fingerprint density at radius 2 is 1.80 bits per heavy atom. The number of hydrogen-bond donors (Lipinski definition) is 1. The Morgan fingerprint density at radius 3 is 2.50 bits per heavy atom. The lowest BCUT2D eigenvalue weighted by Gasteiger charge is -2.08. The van der Waals surface area contributed by atoms with E-state index in [-0.39, 0.29) is 17.5 Å². The van der Waals surface area contributed by atoms with Gasteiger partial charge in [0.05, 0.1) is 10.8 Å². The molecule has 1 aliphatic rings. The first-order chi connectivity index (χ1) is 9.65. The van der Waals surface area contributed by atoms with Gasteiger partial charge in [-0.3, -0.25) is 14.9 Å². The normalized spacial score (nSPS) is 16.6. The topological polar surface area (TPSA) is 72.2 Å². The summed E-state index contributed by atoms with van der Waals surface area (Å²) in [7, 11) is 0. The number of nitro groups is 1. The Hall–Kier alpha value is -2.69. The van der Waals surface area contributed by atoms with E-state index in [1.165, 1.54) is 12.1 Å². The van der Waals surface area contributed by atoms with Crippen molar-refractivity contribution in [1.29, 1.82) is 0 Å². The Kier molecular flexibility index (Phi) is 2.95. The van der Waals surface area contributed by atoms with Crippen molar-refractivity contribution in [1.82, 2.24) is 0 Å². The number of hydrogen-bond acceptors (Lipinski definition) is 3. The molecule has 0 aromatic heterocycles. The first-order valence-corrected chi connectivity index (χ1v) is 6.28. The molecule has 1 heterocycles. The zero-order valence-corrected chi connectivity index (χ0v) is 10.6. The molecule has 2 aromatic rings. The Morgan fingerprint density at radius 1 is 1.10 bits per heavy atom. The molecule has 0 spiro atoms. The quantitative estimate of drug-likeness (QED) is 0.687. The van der Waals surface area contributed by atoms with Crippen LogP contribution in [0.15, 0.2) is 48.5 Å². The highest BCUT2D eigenvalue weighted by molar-refractivity contribution is 6.03. The summed E-state index contributed by atoms with van der Waals surface area (Å²) in [5.41, 5.74) is 2.80. The third kappa shape index (κ3) is 2.14. The van der Waals surface area contributed by atoms with Gasteiger partial charge in [-0.05, 0) is 23.6 Å². The lowest BCUT2D eigenvalue weighted by Crippen LogP contribution is -2.14. The number of fused-ring (bicyclic) bond motifs is 1. The van der Waals surface area contributed by atoms with Crippen LogP contribution in [0, 0.1) is 10.1 Å². The Balaban J connectivity index is 1.84. The van der Waals surface area contributed by atoms with Crippen LogP contribution in [0.4, 0.5) is 11.4 Å². The second-order valence-electron chi connectivity index (χ2n) is 4.76. The number of nitro benzene ring substituents is 1. The van der Waals surface area contributed by atoms with E-state index < -0.39 is 4.92 Å². The van der Waals surface area contributed by atoms with Crippen molar-refractivity contribution in [3.05, 3.63) is 69.8 Å². The number of nitrogens with zero attached hydrogens (tertiary/aromatic N) is 1. The summed E-state index contributed by atoms with van der Waals surface area (Å²) < 4.78 is 0. The molecule has 0 fully saturated rings. The fourth-order valence-electron chi connectivity index (χ4n) is 2.47. The number of carbonyl (C=O) groups excluding carboxylic acids is 1. The summed E-state index contributed by atoms with van der Waals surface area (Å²) in [5, 5.41) is 13.5. The summed E-state index contributed by atoms with van der Waals surface area (Å²) in [4.78, 5) is 22.2. The van der Waals surface area contributed by atoms with E-state index in [4.69, 9.17) is 0 Å². The molecule has 0 saturated heterocycles. The van der Waals surface area contributed by atoms with Crippen LogP contribution in [0.1, 0.15) is 17.0 Å². The molecule has 0 radical (unpaired) electrons. The van der Waals surface area contributed by atoms with Crippen LogP contribution in [-0.2, 0) is 11.2 Å². The molecule has 100 valence electrons. The summed E-state index contributed by atoms with van der Waals surface area (Å²) in [6.07, 6.45) is 0.543. The molecule has 5 nitrogen and oxygen atoms in total. The second-order valence-corrected chi connectivity index (χ2v) is 4.76. The van der Waals surface area contributed by atoms with Crippen molar-refractivity contribution >= 4 is 17.3 Å². The van der Waals surface area contributed by atoms with Gasteiger partial charge in [-0.25, -0.2) is 0 Å². The van der Waals surface area contributed by atoms with Gasteiger partial charge in [0.1, 0.15) is 0 Å². The minimum absolute atomic E-state index is 0.0236. The van der Waals surface area contributed by atoms with Gasteiger partial charge in [0.15, 0.2) is 0 Å². The Bertz CT molecular complexity index is 680. The van der Waals surface area contributed by atoms with E-state index in [0.717, 1.165) is 16.8 Å². The molecule has 1 unspecified atom stereocenters. The predicted molar refractivity (Wildman–Crippen MR) is 74.6 cm³/mol. The van der Waals surface area contributed by atoms with Crippen molar-refractivity contribution in [3.8, 4) is 0 Å². The SMILES string of the molecule is O=C1Nc2ccccc2C1Cc1ccc([N+](=O)[O-])cc1. The largest absolute Gasteiger partial charge is 0.325 e. The smallest absolute Gasteiger partial charge is 0.269 e. The molecule has 0 bridgehead atoms. The first kappa shape index (κ1) is 12.3. The van der Waals surface area contributed by atoms with Gasteiger partial charge in [-0.15, -0.1) is 0 Å². The van der Waals surface area contributed by atoms with Crippen molar-refractivity contribution in [2.45, 2.75) is 12.3 Å². The van der Waals surface area contributed by atoms with Crippen LogP contribution in [0.25, 0.3) is 0 Å². The van der Waals surface area contributed by atoms with E-state index in [1.807, 2.05) is 24.3 Å². The van der Waals surface area contributed by atoms with Crippen LogP contribution < -0.4 is 5.32 Å². The van der Waals surface area contributed by atoms with Crippen molar-refractivity contribution in [2.75, 3.05) is 5.32 Å². The number of benzene rings is 2. The van der Waals surface area contributed by atoms with Crippen LogP contribution in [0.3, 0.4) is 0 Å².